The van der Waals surface area contributed by atoms with E-state index in [9.17, 15) is 4.39 Å². The average molecular weight is 264 g/mol. The second kappa shape index (κ2) is 5.19. The van der Waals surface area contributed by atoms with Crippen molar-refractivity contribution in [3.8, 4) is 0 Å². The van der Waals surface area contributed by atoms with Gasteiger partial charge in [-0.3, -0.25) is 4.90 Å². The third-order valence-corrected chi connectivity index (χ3v) is 4.33. The normalized spacial score (nSPS) is 28.6. The third-order valence-electron chi connectivity index (χ3n) is 4.33. The van der Waals surface area contributed by atoms with E-state index in [-0.39, 0.29) is 11.9 Å². The summed E-state index contributed by atoms with van der Waals surface area (Å²) in [7, 11) is 0. The molecule has 2 bridgehead atoms. The van der Waals surface area contributed by atoms with Gasteiger partial charge in [0.15, 0.2) is 0 Å². The fourth-order valence-electron chi connectivity index (χ4n) is 3.39. The summed E-state index contributed by atoms with van der Waals surface area (Å²) in [5.41, 5.74) is 8.10. The van der Waals surface area contributed by atoms with Crippen LogP contribution in [0, 0.1) is 12.7 Å². The van der Waals surface area contributed by atoms with Crippen molar-refractivity contribution < 1.29 is 9.13 Å². The Hall–Kier alpha value is -0.970. The Morgan fingerprint density at radius 3 is 2.63 bits per heavy atom. The third kappa shape index (κ3) is 2.53. The summed E-state index contributed by atoms with van der Waals surface area (Å²) >= 11 is 0. The summed E-state index contributed by atoms with van der Waals surface area (Å²) < 4.78 is 19.1. The van der Waals surface area contributed by atoms with Crippen molar-refractivity contribution in [2.75, 3.05) is 19.6 Å². The number of ether oxygens (including phenoxy) is 1. The molecular formula is C15H21FN2O. The predicted molar refractivity (Wildman–Crippen MR) is 72.4 cm³/mol. The molecule has 3 unspecified atom stereocenters. The van der Waals surface area contributed by atoms with Crippen LogP contribution in [0.15, 0.2) is 18.2 Å². The number of hydrogen-bond acceptors (Lipinski definition) is 3. The van der Waals surface area contributed by atoms with E-state index in [1.807, 2.05) is 13.0 Å². The van der Waals surface area contributed by atoms with Gasteiger partial charge in [0.2, 0.25) is 0 Å². The molecule has 3 atom stereocenters. The Morgan fingerprint density at radius 1 is 1.37 bits per heavy atom. The van der Waals surface area contributed by atoms with E-state index in [2.05, 4.69) is 4.90 Å². The van der Waals surface area contributed by atoms with Crippen molar-refractivity contribution in [3.63, 3.8) is 0 Å². The fraction of sp³-hybridized carbons (Fsp3) is 0.600. The minimum atomic E-state index is -0.181. The average Bonchev–Trinajstić information content (AvgIpc) is 2.72. The lowest BCUT2D eigenvalue weighted by Crippen LogP contribution is -2.46. The molecule has 1 aromatic carbocycles. The first-order valence-corrected chi connectivity index (χ1v) is 7.03. The molecule has 2 N–H and O–H groups in total. The monoisotopic (exact) mass is 264 g/mol. The Labute approximate surface area is 113 Å². The largest absolute Gasteiger partial charge is 0.372 e. The van der Waals surface area contributed by atoms with Crippen molar-refractivity contribution in [2.24, 2.45) is 5.73 Å². The van der Waals surface area contributed by atoms with E-state index >= 15 is 0 Å². The molecular weight excluding hydrogens is 243 g/mol. The maximum atomic E-state index is 13.2. The van der Waals surface area contributed by atoms with Gasteiger partial charge in [-0.1, -0.05) is 6.07 Å². The fourth-order valence-corrected chi connectivity index (χ4v) is 3.39. The second-order valence-corrected chi connectivity index (χ2v) is 5.66. The highest BCUT2D eigenvalue weighted by atomic mass is 19.1. The molecule has 0 spiro atoms. The highest BCUT2D eigenvalue weighted by Crippen LogP contribution is 2.32. The van der Waals surface area contributed by atoms with Gasteiger partial charge in [-0.05, 0) is 43.0 Å². The lowest BCUT2D eigenvalue weighted by atomic mass is 9.99. The minimum absolute atomic E-state index is 0.174. The van der Waals surface area contributed by atoms with Crippen LogP contribution < -0.4 is 5.73 Å². The van der Waals surface area contributed by atoms with Crippen LogP contribution in [0.2, 0.25) is 0 Å². The number of morpholine rings is 1. The number of aryl methyl sites for hydroxylation is 1. The highest BCUT2D eigenvalue weighted by Gasteiger charge is 2.36. The number of nitrogens with two attached hydrogens (primary N) is 1. The number of hydrogen-bond donors (Lipinski definition) is 1. The number of nitrogens with zero attached hydrogens (tertiary/aromatic N) is 1. The lowest BCUT2D eigenvalue weighted by Gasteiger charge is -2.38. The number of halogens is 1. The van der Waals surface area contributed by atoms with Gasteiger partial charge in [-0.15, -0.1) is 0 Å². The van der Waals surface area contributed by atoms with Crippen molar-refractivity contribution in [2.45, 2.75) is 38.0 Å². The summed E-state index contributed by atoms with van der Waals surface area (Å²) in [5.74, 6) is -0.181. The van der Waals surface area contributed by atoms with Gasteiger partial charge in [-0.25, -0.2) is 4.39 Å². The molecule has 2 fully saturated rings. The molecule has 2 saturated heterocycles. The Kier molecular flexibility index (Phi) is 3.56. The van der Waals surface area contributed by atoms with Gasteiger partial charge in [0, 0.05) is 25.7 Å². The van der Waals surface area contributed by atoms with Gasteiger partial charge in [0.05, 0.1) is 12.2 Å². The highest BCUT2D eigenvalue weighted by molar-refractivity contribution is 5.30. The maximum absolute atomic E-state index is 13.2. The van der Waals surface area contributed by atoms with Gasteiger partial charge in [0.1, 0.15) is 5.82 Å². The molecule has 1 aromatic rings. The van der Waals surface area contributed by atoms with Crippen LogP contribution in [0.5, 0.6) is 0 Å². The molecule has 3 rings (SSSR count). The molecule has 104 valence electrons. The number of benzene rings is 1. The summed E-state index contributed by atoms with van der Waals surface area (Å²) in [6, 6.07) is 5.17. The molecule has 4 heteroatoms. The van der Waals surface area contributed by atoms with Crippen molar-refractivity contribution in [3.05, 3.63) is 35.1 Å². The smallest absolute Gasteiger partial charge is 0.123 e. The molecule has 0 aromatic heterocycles. The van der Waals surface area contributed by atoms with E-state index in [4.69, 9.17) is 10.5 Å². The topological polar surface area (TPSA) is 38.5 Å². The van der Waals surface area contributed by atoms with Crippen LogP contribution in [0.1, 0.15) is 30.0 Å². The predicted octanol–water partition coefficient (Wildman–Crippen LogP) is 2.00. The molecule has 19 heavy (non-hydrogen) atoms. The van der Waals surface area contributed by atoms with Gasteiger partial charge < -0.3 is 10.5 Å². The quantitative estimate of drug-likeness (QED) is 0.907. The molecule has 2 aliphatic rings. The number of rotatable bonds is 3. The van der Waals surface area contributed by atoms with E-state index in [0.29, 0.717) is 18.8 Å². The van der Waals surface area contributed by atoms with E-state index < -0.39 is 0 Å². The molecule has 2 aliphatic heterocycles. The summed E-state index contributed by atoms with van der Waals surface area (Å²) in [6.07, 6.45) is 3.02. The SMILES string of the molecule is Cc1cc(F)ccc1C(CN)N1CC2CCC(C1)O2. The van der Waals surface area contributed by atoms with Crippen LogP contribution >= 0.6 is 0 Å². The number of fused-ring (bicyclic) bond motifs is 2. The van der Waals surface area contributed by atoms with Crippen LogP contribution in [0.25, 0.3) is 0 Å². The first-order chi connectivity index (χ1) is 9.17. The zero-order valence-corrected chi connectivity index (χ0v) is 11.3. The lowest BCUT2D eigenvalue weighted by molar-refractivity contribution is -0.0521. The van der Waals surface area contributed by atoms with Gasteiger partial charge >= 0.3 is 0 Å². The van der Waals surface area contributed by atoms with Gasteiger partial charge in [-0.2, -0.15) is 0 Å². The Balaban J connectivity index is 1.83. The van der Waals surface area contributed by atoms with Crippen LogP contribution in [0.3, 0.4) is 0 Å². The van der Waals surface area contributed by atoms with E-state index in [0.717, 1.165) is 37.1 Å². The molecule has 0 radical (unpaired) electrons. The van der Waals surface area contributed by atoms with Crippen molar-refractivity contribution >= 4 is 0 Å². The first kappa shape index (κ1) is 13.0. The summed E-state index contributed by atoms with van der Waals surface area (Å²) in [5, 5.41) is 0. The zero-order chi connectivity index (χ0) is 13.4. The standard InChI is InChI=1S/C15H21FN2O/c1-10-6-11(16)2-5-14(10)15(7-17)18-8-12-3-4-13(9-18)19-12/h2,5-6,12-13,15H,3-4,7-9,17H2,1H3. The Morgan fingerprint density at radius 2 is 2.05 bits per heavy atom. The van der Waals surface area contributed by atoms with E-state index in [1.54, 1.807) is 6.07 Å². The Bertz CT molecular complexity index is 453. The first-order valence-electron chi connectivity index (χ1n) is 7.03. The molecule has 0 aliphatic carbocycles. The molecule has 3 nitrogen and oxygen atoms in total. The molecule has 0 amide bonds. The van der Waals surface area contributed by atoms with Crippen LogP contribution in [0.4, 0.5) is 4.39 Å². The zero-order valence-electron chi connectivity index (χ0n) is 11.3. The second-order valence-electron chi connectivity index (χ2n) is 5.66. The summed E-state index contributed by atoms with van der Waals surface area (Å²) in [6.45, 7) is 4.40. The minimum Gasteiger partial charge on any atom is -0.372 e. The van der Waals surface area contributed by atoms with Crippen molar-refractivity contribution in [1.29, 1.82) is 0 Å². The van der Waals surface area contributed by atoms with E-state index in [1.165, 1.54) is 6.07 Å². The number of likely N-dealkylation sites (tertiary alicyclic amines) is 1. The van der Waals surface area contributed by atoms with Crippen LogP contribution in [-0.2, 0) is 4.74 Å². The molecule has 2 heterocycles. The van der Waals surface area contributed by atoms with Crippen molar-refractivity contribution in [1.82, 2.24) is 4.90 Å². The summed E-state index contributed by atoms with van der Waals surface area (Å²) in [4.78, 5) is 2.41. The maximum Gasteiger partial charge on any atom is 0.123 e. The molecule has 0 saturated carbocycles. The van der Waals surface area contributed by atoms with Crippen LogP contribution in [-0.4, -0.2) is 36.7 Å². The van der Waals surface area contributed by atoms with Gasteiger partial charge in [0.25, 0.3) is 0 Å².